The van der Waals surface area contributed by atoms with Gasteiger partial charge in [-0.15, -0.1) is 0 Å². The Labute approximate surface area is 137 Å². The summed E-state index contributed by atoms with van der Waals surface area (Å²) in [5.41, 5.74) is 0.206. The number of rotatable bonds is 9. The minimum Gasteiger partial charge on any atom is -0.382 e. The van der Waals surface area contributed by atoms with Gasteiger partial charge in [-0.05, 0) is 47.5 Å². The van der Waals surface area contributed by atoms with Gasteiger partial charge in [-0.25, -0.2) is 4.39 Å². The molecule has 0 aliphatic heterocycles. The molecule has 0 radical (unpaired) electrons. The predicted octanol–water partition coefficient (Wildman–Crippen LogP) is 2.25. The second-order valence-corrected chi connectivity index (χ2v) is 5.38. The Hall–Kier alpha value is -1.47. The van der Waals surface area contributed by atoms with E-state index in [-0.39, 0.29) is 24.4 Å². The van der Waals surface area contributed by atoms with Crippen molar-refractivity contribution in [1.29, 1.82) is 0 Å². The van der Waals surface area contributed by atoms with E-state index in [0.29, 0.717) is 24.2 Å². The monoisotopic (exact) mass is 374 g/mol. The second kappa shape index (κ2) is 10.3. The van der Waals surface area contributed by atoms with Crippen LogP contribution in [0.1, 0.15) is 30.1 Å². The minimum absolute atomic E-state index is 0.143. The molecule has 1 aromatic rings. The molecule has 0 aliphatic carbocycles. The summed E-state index contributed by atoms with van der Waals surface area (Å²) in [5.74, 6) is -1.05. The van der Waals surface area contributed by atoms with Crippen LogP contribution in [-0.2, 0) is 9.53 Å². The van der Waals surface area contributed by atoms with Gasteiger partial charge in [0.15, 0.2) is 0 Å². The third kappa shape index (κ3) is 7.00. The highest BCUT2D eigenvalue weighted by atomic mass is 79.9. The summed E-state index contributed by atoms with van der Waals surface area (Å²) in [6.45, 7) is 3.93. The lowest BCUT2D eigenvalue weighted by atomic mass is 10.2. The number of hydrogen-bond acceptors (Lipinski definition) is 3. The first-order valence-electron chi connectivity index (χ1n) is 7.12. The maximum atomic E-state index is 13.1. The Kier molecular flexibility index (Phi) is 8.69. The smallest absolute Gasteiger partial charge is 0.252 e. The van der Waals surface area contributed by atoms with Crippen LogP contribution in [0.2, 0.25) is 0 Å². The maximum Gasteiger partial charge on any atom is 0.252 e. The highest BCUT2D eigenvalue weighted by Crippen LogP contribution is 2.17. The van der Waals surface area contributed by atoms with Crippen LogP contribution in [0.4, 0.5) is 4.39 Å². The van der Waals surface area contributed by atoms with Gasteiger partial charge < -0.3 is 15.4 Å². The highest BCUT2D eigenvalue weighted by molar-refractivity contribution is 9.10. The third-order valence-electron chi connectivity index (χ3n) is 2.80. The van der Waals surface area contributed by atoms with E-state index in [0.717, 1.165) is 12.5 Å². The van der Waals surface area contributed by atoms with Crippen molar-refractivity contribution < 1.29 is 18.7 Å². The van der Waals surface area contributed by atoms with Gasteiger partial charge in [0.25, 0.3) is 5.91 Å². The van der Waals surface area contributed by atoms with Crippen LogP contribution in [-0.4, -0.2) is 38.1 Å². The molecule has 0 spiro atoms. The predicted molar refractivity (Wildman–Crippen MR) is 85.2 cm³/mol. The van der Waals surface area contributed by atoms with E-state index in [4.69, 9.17) is 4.74 Å². The van der Waals surface area contributed by atoms with Crippen LogP contribution in [0.5, 0.6) is 0 Å². The molecule has 7 heteroatoms. The van der Waals surface area contributed by atoms with Crippen molar-refractivity contribution in [1.82, 2.24) is 10.6 Å². The molecule has 0 aliphatic rings. The van der Waals surface area contributed by atoms with Crippen LogP contribution in [0.25, 0.3) is 0 Å². The van der Waals surface area contributed by atoms with Crippen molar-refractivity contribution in [3.63, 3.8) is 0 Å². The van der Waals surface area contributed by atoms with Gasteiger partial charge >= 0.3 is 0 Å². The van der Waals surface area contributed by atoms with Crippen LogP contribution in [0.3, 0.4) is 0 Å². The molecule has 0 heterocycles. The number of carbonyl (C=O) groups is 2. The summed E-state index contributed by atoms with van der Waals surface area (Å²) in [6.07, 6.45) is 0.926. The third-order valence-corrected chi connectivity index (χ3v) is 3.49. The molecule has 1 aromatic carbocycles. The summed E-state index contributed by atoms with van der Waals surface area (Å²) < 4.78 is 18.8. The molecule has 2 amide bonds. The summed E-state index contributed by atoms with van der Waals surface area (Å²) in [7, 11) is 0. The molecule has 2 N–H and O–H groups in total. The van der Waals surface area contributed by atoms with Crippen molar-refractivity contribution in [2.24, 2.45) is 0 Å². The van der Waals surface area contributed by atoms with E-state index in [2.05, 4.69) is 26.6 Å². The van der Waals surface area contributed by atoms with E-state index in [1.165, 1.54) is 12.1 Å². The molecule has 0 aromatic heterocycles. The van der Waals surface area contributed by atoms with E-state index in [9.17, 15) is 14.0 Å². The Bertz CT molecular complexity index is 512. The van der Waals surface area contributed by atoms with Crippen molar-refractivity contribution in [2.45, 2.75) is 19.8 Å². The largest absolute Gasteiger partial charge is 0.382 e. The molecule has 0 unspecified atom stereocenters. The average molecular weight is 375 g/mol. The molecule has 0 fully saturated rings. The Morgan fingerprint density at radius 3 is 2.77 bits per heavy atom. The SMILES string of the molecule is CCOCCCNC(=O)CCNC(=O)c1cc(F)ccc1Br. The lowest BCUT2D eigenvalue weighted by Gasteiger charge is -2.08. The Morgan fingerprint density at radius 2 is 2.05 bits per heavy atom. The first-order valence-corrected chi connectivity index (χ1v) is 7.91. The zero-order chi connectivity index (χ0) is 16.4. The standard InChI is InChI=1S/C15H20BrFN2O3/c1-2-22-9-3-7-18-14(20)6-8-19-15(21)12-10-11(17)4-5-13(12)16/h4-5,10H,2-3,6-9H2,1H3,(H,18,20)(H,19,21). The lowest BCUT2D eigenvalue weighted by molar-refractivity contribution is -0.120. The normalized spacial score (nSPS) is 10.3. The molecule has 1 rings (SSSR count). The number of amides is 2. The van der Waals surface area contributed by atoms with E-state index in [1.807, 2.05) is 6.92 Å². The number of hydrogen-bond donors (Lipinski definition) is 2. The molecular formula is C15H20BrFN2O3. The quantitative estimate of drug-likeness (QED) is 0.651. The average Bonchev–Trinajstić information content (AvgIpc) is 2.49. The number of benzene rings is 1. The van der Waals surface area contributed by atoms with Gasteiger partial charge in [0.05, 0.1) is 5.56 Å². The molecule has 122 valence electrons. The fourth-order valence-electron chi connectivity index (χ4n) is 1.69. The summed E-state index contributed by atoms with van der Waals surface area (Å²) in [5, 5.41) is 5.32. The second-order valence-electron chi connectivity index (χ2n) is 4.53. The molecule has 0 saturated carbocycles. The van der Waals surface area contributed by atoms with Gasteiger partial charge in [0.1, 0.15) is 5.82 Å². The number of carbonyl (C=O) groups excluding carboxylic acids is 2. The zero-order valence-corrected chi connectivity index (χ0v) is 14.0. The fraction of sp³-hybridized carbons (Fsp3) is 0.467. The number of halogens is 2. The molecule has 0 saturated heterocycles. The van der Waals surface area contributed by atoms with Gasteiger partial charge in [0.2, 0.25) is 5.91 Å². The van der Waals surface area contributed by atoms with Gasteiger partial charge in [-0.3, -0.25) is 9.59 Å². The summed E-state index contributed by atoms with van der Waals surface area (Å²) in [4.78, 5) is 23.4. The van der Waals surface area contributed by atoms with Crippen molar-refractivity contribution in [2.75, 3.05) is 26.3 Å². The molecule has 22 heavy (non-hydrogen) atoms. The molecule has 0 atom stereocenters. The van der Waals surface area contributed by atoms with Gasteiger partial charge in [-0.2, -0.15) is 0 Å². The van der Waals surface area contributed by atoms with Crippen LogP contribution in [0.15, 0.2) is 22.7 Å². The van der Waals surface area contributed by atoms with E-state index < -0.39 is 11.7 Å². The van der Waals surface area contributed by atoms with E-state index >= 15 is 0 Å². The lowest BCUT2D eigenvalue weighted by Crippen LogP contribution is -2.31. The number of ether oxygens (including phenoxy) is 1. The topological polar surface area (TPSA) is 67.4 Å². The molecular weight excluding hydrogens is 355 g/mol. The first-order chi connectivity index (χ1) is 10.5. The Morgan fingerprint density at radius 1 is 1.27 bits per heavy atom. The van der Waals surface area contributed by atoms with Crippen LogP contribution < -0.4 is 10.6 Å². The maximum absolute atomic E-state index is 13.1. The van der Waals surface area contributed by atoms with Crippen LogP contribution >= 0.6 is 15.9 Å². The molecule has 0 bridgehead atoms. The van der Waals surface area contributed by atoms with Crippen molar-refractivity contribution in [3.8, 4) is 0 Å². The zero-order valence-electron chi connectivity index (χ0n) is 12.5. The van der Waals surface area contributed by atoms with Gasteiger partial charge in [-0.1, -0.05) is 0 Å². The van der Waals surface area contributed by atoms with Crippen molar-refractivity contribution >= 4 is 27.7 Å². The fourth-order valence-corrected chi connectivity index (χ4v) is 2.12. The van der Waals surface area contributed by atoms with Crippen LogP contribution in [0, 0.1) is 5.82 Å². The highest BCUT2D eigenvalue weighted by Gasteiger charge is 2.11. The first kappa shape index (κ1) is 18.6. The summed E-state index contributed by atoms with van der Waals surface area (Å²) in [6, 6.07) is 3.87. The molecule has 5 nitrogen and oxygen atoms in total. The summed E-state index contributed by atoms with van der Waals surface area (Å²) >= 11 is 3.19. The number of nitrogens with one attached hydrogen (secondary N) is 2. The minimum atomic E-state index is -0.486. The van der Waals surface area contributed by atoms with Gasteiger partial charge in [0, 0.05) is 37.2 Å². The van der Waals surface area contributed by atoms with E-state index in [1.54, 1.807) is 0 Å². The Balaban J connectivity index is 2.24. The van der Waals surface area contributed by atoms with Crippen molar-refractivity contribution in [3.05, 3.63) is 34.1 Å².